The van der Waals surface area contributed by atoms with E-state index in [0.717, 1.165) is 6.42 Å². The zero-order valence-electron chi connectivity index (χ0n) is 40.0. The molecule has 0 aromatic carbocycles. The second-order valence-corrected chi connectivity index (χ2v) is 23.3. The molecule has 8 aliphatic rings. The highest BCUT2D eigenvalue weighted by Gasteiger charge is 2.68. The fraction of sp³-hybridized carbons (Fsp3) is 0.939. The van der Waals surface area contributed by atoms with Crippen LogP contribution in [-0.2, 0) is 28.5 Å². The van der Waals surface area contributed by atoms with Gasteiger partial charge in [-0.2, -0.15) is 0 Å². The highest BCUT2D eigenvalue weighted by molar-refractivity contribution is 5.73. The predicted octanol–water partition coefficient (Wildman–Crippen LogP) is -0.657. The van der Waals surface area contributed by atoms with Gasteiger partial charge in [-0.25, -0.2) is 0 Å². The quantitative estimate of drug-likeness (QED) is 0.101. The minimum absolute atomic E-state index is 0.00347. The number of carbonyl (C=O) groups excluding carboxylic acids is 1. The smallest absolute Gasteiger partial charge is 0.311 e. The summed E-state index contributed by atoms with van der Waals surface area (Å²) in [4.78, 5) is 14.4. The first-order valence-electron chi connectivity index (χ1n) is 25.0. The number of hydrogen-bond acceptors (Lipinski definition) is 18. The van der Waals surface area contributed by atoms with E-state index in [2.05, 4.69) is 33.8 Å². The molecular formula is C49H80O18. The Morgan fingerprint density at radius 2 is 1.40 bits per heavy atom. The highest BCUT2D eigenvalue weighted by Crippen LogP contribution is 2.70. The van der Waals surface area contributed by atoms with Crippen molar-refractivity contribution < 1.29 is 89.8 Å². The number of rotatable bonds is 9. The molecule has 2 aliphatic heterocycles. The SMILES string of the molecule is CC1CC(C(=O)OC2OC(COC3OC(CO)[C@@H](O[C@H]4CC(C)C(O)[C@H](O)[C@@H]4O)[C@@H](C)[C@@H]3O)[C@@H](O)[C@@H](O)[C@@H]2O)C2CCC3(C)C(=CCC4C3CC(O)C3C(C)(CO)C(O)C(O)CC43C)C2C1C. The summed E-state index contributed by atoms with van der Waals surface area (Å²) < 4.78 is 29.8. The Hall–Kier alpha value is -1.43. The minimum atomic E-state index is -1.81. The van der Waals surface area contributed by atoms with Gasteiger partial charge in [0.05, 0.1) is 62.4 Å². The molecule has 384 valence electrons. The van der Waals surface area contributed by atoms with Crippen molar-refractivity contribution in [2.75, 3.05) is 19.8 Å². The van der Waals surface area contributed by atoms with E-state index in [1.165, 1.54) is 5.57 Å². The number of ether oxygens (including phenoxy) is 5. The maximum Gasteiger partial charge on any atom is 0.311 e. The van der Waals surface area contributed by atoms with Crippen LogP contribution in [-0.4, -0.2) is 185 Å². The predicted molar refractivity (Wildman–Crippen MR) is 235 cm³/mol. The summed E-state index contributed by atoms with van der Waals surface area (Å²) in [7, 11) is 0. The fourth-order valence-electron chi connectivity index (χ4n) is 15.5. The average Bonchev–Trinajstić information content (AvgIpc) is 3.29. The zero-order valence-corrected chi connectivity index (χ0v) is 40.0. The Kier molecular flexibility index (Phi) is 14.9. The topological polar surface area (TPSA) is 306 Å². The van der Waals surface area contributed by atoms with Crippen LogP contribution in [0.15, 0.2) is 11.6 Å². The molecule has 2 saturated heterocycles. The number of allylic oxidation sites excluding steroid dienone is 2. The average molecular weight is 957 g/mol. The fourth-order valence-corrected chi connectivity index (χ4v) is 15.5. The number of hydrogen-bond donors (Lipinski definition) is 12. The van der Waals surface area contributed by atoms with Crippen molar-refractivity contribution in [2.45, 2.75) is 191 Å². The molecule has 18 heteroatoms. The molecule has 5 saturated carbocycles. The number of esters is 1. The van der Waals surface area contributed by atoms with Crippen molar-refractivity contribution in [3.05, 3.63) is 11.6 Å². The largest absolute Gasteiger partial charge is 0.432 e. The van der Waals surface area contributed by atoms with Crippen molar-refractivity contribution in [3.63, 3.8) is 0 Å². The van der Waals surface area contributed by atoms with Gasteiger partial charge >= 0.3 is 5.97 Å². The van der Waals surface area contributed by atoms with Gasteiger partial charge in [0.15, 0.2) is 6.29 Å². The van der Waals surface area contributed by atoms with Crippen molar-refractivity contribution in [1.29, 1.82) is 0 Å². The molecule has 2 heterocycles. The summed E-state index contributed by atoms with van der Waals surface area (Å²) >= 11 is 0. The van der Waals surface area contributed by atoms with Crippen molar-refractivity contribution in [1.82, 2.24) is 0 Å². The van der Waals surface area contributed by atoms with Gasteiger partial charge in [-0.15, -0.1) is 0 Å². The Labute approximate surface area is 393 Å². The molecule has 0 spiro atoms. The van der Waals surface area contributed by atoms with Crippen LogP contribution in [0, 0.1) is 75.4 Å². The molecule has 8 rings (SSSR count). The number of aliphatic hydroxyl groups is 12. The molecule has 20 unspecified atom stereocenters. The monoisotopic (exact) mass is 957 g/mol. The Balaban J connectivity index is 0.941. The van der Waals surface area contributed by atoms with Gasteiger partial charge < -0.3 is 85.0 Å². The first-order valence-corrected chi connectivity index (χ1v) is 25.0. The van der Waals surface area contributed by atoms with E-state index in [1.54, 1.807) is 20.8 Å². The maximum absolute atomic E-state index is 14.4. The zero-order chi connectivity index (χ0) is 49.0. The minimum Gasteiger partial charge on any atom is -0.432 e. The molecular weight excluding hydrogens is 877 g/mol. The molecule has 0 bridgehead atoms. The van der Waals surface area contributed by atoms with Crippen LogP contribution in [0.1, 0.15) is 93.4 Å². The van der Waals surface area contributed by atoms with E-state index < -0.39 is 152 Å². The summed E-state index contributed by atoms with van der Waals surface area (Å²) in [5, 5.41) is 131. The van der Waals surface area contributed by atoms with E-state index >= 15 is 0 Å². The first kappa shape index (κ1) is 51.9. The van der Waals surface area contributed by atoms with Crippen LogP contribution >= 0.6 is 0 Å². The van der Waals surface area contributed by atoms with Crippen LogP contribution in [0.25, 0.3) is 0 Å². The van der Waals surface area contributed by atoms with Gasteiger partial charge in [0.25, 0.3) is 0 Å². The van der Waals surface area contributed by atoms with Crippen molar-refractivity contribution in [3.8, 4) is 0 Å². The molecule has 0 aromatic heterocycles. The van der Waals surface area contributed by atoms with E-state index in [9.17, 15) is 66.1 Å². The summed E-state index contributed by atoms with van der Waals surface area (Å²) in [6, 6.07) is 0. The summed E-state index contributed by atoms with van der Waals surface area (Å²) in [6.45, 7) is 12.4. The summed E-state index contributed by atoms with van der Waals surface area (Å²) in [5.41, 5.74) is -0.691. The third kappa shape index (κ3) is 8.49. The lowest BCUT2D eigenvalue weighted by Crippen LogP contribution is -2.68. The van der Waals surface area contributed by atoms with Gasteiger partial charge in [0.1, 0.15) is 48.8 Å². The van der Waals surface area contributed by atoms with Crippen LogP contribution < -0.4 is 0 Å². The van der Waals surface area contributed by atoms with E-state index in [0.29, 0.717) is 32.1 Å². The number of aliphatic hydroxyl groups excluding tert-OH is 12. The lowest BCUT2D eigenvalue weighted by Gasteiger charge is -2.68. The van der Waals surface area contributed by atoms with Crippen molar-refractivity contribution in [2.24, 2.45) is 75.4 Å². The van der Waals surface area contributed by atoms with Crippen molar-refractivity contribution >= 4 is 5.97 Å². The number of carbonyl (C=O) groups is 1. The highest BCUT2D eigenvalue weighted by atomic mass is 16.7. The Bertz CT molecular complexity index is 1790. The van der Waals surface area contributed by atoms with E-state index in [1.807, 2.05) is 0 Å². The van der Waals surface area contributed by atoms with Gasteiger partial charge in [0.2, 0.25) is 6.29 Å². The first-order chi connectivity index (χ1) is 31.4. The molecule has 0 amide bonds. The third-order valence-electron chi connectivity index (χ3n) is 19.6. The van der Waals surface area contributed by atoms with E-state index in [-0.39, 0.29) is 54.0 Å². The van der Waals surface area contributed by atoms with Crippen LogP contribution in [0.2, 0.25) is 0 Å². The Morgan fingerprint density at radius 3 is 2.07 bits per heavy atom. The molecule has 0 aromatic rings. The molecule has 7 fully saturated rings. The molecule has 6 aliphatic carbocycles. The molecule has 12 N–H and O–H groups in total. The second kappa shape index (κ2) is 19.2. The van der Waals surface area contributed by atoms with Crippen LogP contribution in [0.4, 0.5) is 0 Å². The number of fused-ring (bicyclic) bond motifs is 7. The van der Waals surface area contributed by atoms with Gasteiger partial charge in [-0.1, -0.05) is 60.1 Å². The molecule has 0 radical (unpaired) electrons. The third-order valence-corrected chi connectivity index (χ3v) is 19.6. The van der Waals surface area contributed by atoms with Gasteiger partial charge in [0, 0.05) is 17.3 Å². The molecule has 67 heavy (non-hydrogen) atoms. The Morgan fingerprint density at radius 1 is 0.731 bits per heavy atom. The molecule has 18 nitrogen and oxygen atoms in total. The lowest BCUT2D eigenvalue weighted by molar-refractivity contribution is -0.330. The summed E-state index contributed by atoms with van der Waals surface area (Å²) in [6.07, 6.45) is -15.1. The van der Waals surface area contributed by atoms with E-state index in [4.69, 9.17) is 23.7 Å². The summed E-state index contributed by atoms with van der Waals surface area (Å²) in [5.74, 6) is -2.44. The van der Waals surface area contributed by atoms with Gasteiger partial charge in [-0.3, -0.25) is 4.79 Å². The standard InChI is InChI=1S/C49H80O18/c1-19-12-24(23-10-11-47(5)26(33(23)21(19)3)9-8-25-27(47)14-28(52)42-48(25,6)15-29(53)43(61)49(42,7)18-51)44(62)67-46-40(60)39(59)37(57)32(66-46)17-63-45-35(55)22(4)41(31(16-50)65-45)64-30-13-20(2)34(54)38(58)36(30)56/h9,19-25,27-43,45-46,50-61H,8,10-18H2,1-7H3/t19?,20?,21?,22-,23?,24?,25?,27?,28?,29?,30-,31?,32?,33?,34?,35-,36+,37+,38-,39+,40-,41-,42?,43?,45?,46?,47?,48?,49?/m0/s1. The second-order valence-electron chi connectivity index (χ2n) is 23.3. The normalized spacial score (nSPS) is 56.7. The van der Waals surface area contributed by atoms with Crippen LogP contribution in [0.5, 0.6) is 0 Å². The lowest BCUT2D eigenvalue weighted by atomic mass is 9.37. The maximum atomic E-state index is 14.4. The molecule has 29 atom stereocenters. The van der Waals surface area contributed by atoms with Gasteiger partial charge in [-0.05, 0) is 97.2 Å². The van der Waals surface area contributed by atoms with Crippen LogP contribution in [0.3, 0.4) is 0 Å².